The van der Waals surface area contributed by atoms with Crippen molar-refractivity contribution in [1.29, 1.82) is 5.26 Å². The summed E-state index contributed by atoms with van der Waals surface area (Å²) in [5.41, 5.74) is 2.65. The van der Waals surface area contributed by atoms with E-state index in [0.717, 1.165) is 11.1 Å². The zero-order valence-electron chi connectivity index (χ0n) is 15.1. The van der Waals surface area contributed by atoms with E-state index in [1.54, 1.807) is 24.4 Å². The number of carbonyl (C=O) groups excluding carboxylic acids is 1. The molecule has 0 saturated heterocycles. The van der Waals surface area contributed by atoms with E-state index in [4.69, 9.17) is 14.7 Å². The van der Waals surface area contributed by atoms with Crippen LogP contribution in [0.25, 0.3) is 11.0 Å². The molecule has 1 aromatic carbocycles. The Hall–Kier alpha value is -3.60. The van der Waals surface area contributed by atoms with Crippen LogP contribution in [-0.4, -0.2) is 34.8 Å². The molecule has 0 aliphatic heterocycles. The van der Waals surface area contributed by atoms with Crippen LogP contribution in [-0.2, 0) is 4.79 Å². The molecule has 0 radical (unpaired) electrons. The lowest BCUT2D eigenvalue weighted by Crippen LogP contribution is -2.13. The van der Waals surface area contributed by atoms with Gasteiger partial charge in [0.05, 0.1) is 37.2 Å². The zero-order chi connectivity index (χ0) is 19.2. The standard InChI is InChI=1S/C19H19N5O3/c1-12-15-9-14(11-21-19(15)24-23-12)22-18(25)4-3-7-27-16-6-5-13(10-20)8-17(16)26-2/h5-6,8-9,11H,3-4,7H2,1-2H3,(H,22,25)(H,21,23,24). The van der Waals surface area contributed by atoms with E-state index < -0.39 is 0 Å². The molecule has 0 atom stereocenters. The fourth-order valence-corrected chi connectivity index (χ4v) is 2.58. The molecular formula is C19H19N5O3. The minimum Gasteiger partial charge on any atom is -0.493 e. The molecule has 1 amide bonds. The maximum Gasteiger partial charge on any atom is 0.224 e. The van der Waals surface area contributed by atoms with Gasteiger partial charge in [0.25, 0.3) is 0 Å². The molecule has 27 heavy (non-hydrogen) atoms. The number of pyridine rings is 1. The van der Waals surface area contributed by atoms with Crippen molar-refractivity contribution in [3.05, 3.63) is 41.7 Å². The van der Waals surface area contributed by atoms with Gasteiger partial charge in [-0.15, -0.1) is 0 Å². The van der Waals surface area contributed by atoms with Crippen LogP contribution in [0.5, 0.6) is 11.5 Å². The molecule has 0 fully saturated rings. The van der Waals surface area contributed by atoms with Gasteiger partial charge in [0.15, 0.2) is 17.1 Å². The molecule has 2 heterocycles. The monoisotopic (exact) mass is 365 g/mol. The summed E-state index contributed by atoms with van der Waals surface area (Å²) in [6, 6.07) is 8.85. The predicted molar refractivity (Wildman–Crippen MR) is 99.7 cm³/mol. The topological polar surface area (TPSA) is 113 Å². The lowest BCUT2D eigenvalue weighted by atomic mass is 10.2. The van der Waals surface area contributed by atoms with Crippen LogP contribution in [0.2, 0.25) is 0 Å². The average molecular weight is 365 g/mol. The summed E-state index contributed by atoms with van der Waals surface area (Å²) < 4.78 is 10.9. The van der Waals surface area contributed by atoms with Crippen LogP contribution in [0.4, 0.5) is 5.69 Å². The molecule has 3 aromatic rings. The van der Waals surface area contributed by atoms with Gasteiger partial charge in [0.2, 0.25) is 5.91 Å². The van der Waals surface area contributed by atoms with Gasteiger partial charge in [-0.25, -0.2) is 4.98 Å². The number of H-pyrrole nitrogens is 1. The normalized spacial score (nSPS) is 10.4. The minimum absolute atomic E-state index is 0.118. The van der Waals surface area contributed by atoms with Gasteiger partial charge in [0, 0.05) is 23.6 Å². The number of nitrogens with zero attached hydrogens (tertiary/aromatic N) is 3. The lowest BCUT2D eigenvalue weighted by Gasteiger charge is -2.11. The summed E-state index contributed by atoms with van der Waals surface area (Å²) in [4.78, 5) is 16.3. The van der Waals surface area contributed by atoms with Gasteiger partial charge < -0.3 is 14.8 Å². The van der Waals surface area contributed by atoms with Crippen molar-refractivity contribution in [2.24, 2.45) is 0 Å². The van der Waals surface area contributed by atoms with E-state index in [1.807, 2.05) is 19.1 Å². The first-order valence-corrected chi connectivity index (χ1v) is 8.42. The van der Waals surface area contributed by atoms with Gasteiger partial charge in [-0.1, -0.05) is 0 Å². The van der Waals surface area contributed by atoms with Crippen LogP contribution in [0.1, 0.15) is 24.1 Å². The zero-order valence-corrected chi connectivity index (χ0v) is 15.1. The number of amides is 1. The number of ether oxygens (including phenoxy) is 2. The number of hydrogen-bond donors (Lipinski definition) is 2. The summed E-state index contributed by atoms with van der Waals surface area (Å²) in [6.45, 7) is 2.26. The van der Waals surface area contributed by atoms with Crippen LogP contribution in [0, 0.1) is 18.3 Å². The highest BCUT2D eigenvalue weighted by Crippen LogP contribution is 2.28. The van der Waals surface area contributed by atoms with Crippen LogP contribution >= 0.6 is 0 Å². The van der Waals surface area contributed by atoms with Gasteiger partial charge in [-0.2, -0.15) is 10.4 Å². The first-order chi connectivity index (χ1) is 13.1. The van der Waals surface area contributed by atoms with Crippen molar-refractivity contribution in [3.63, 3.8) is 0 Å². The number of benzene rings is 1. The molecule has 0 spiro atoms. The number of rotatable bonds is 7. The third-order valence-electron chi connectivity index (χ3n) is 3.98. The molecule has 0 saturated carbocycles. The molecule has 0 bridgehead atoms. The largest absolute Gasteiger partial charge is 0.493 e. The third kappa shape index (κ3) is 4.33. The first kappa shape index (κ1) is 18.2. The van der Waals surface area contributed by atoms with Crippen molar-refractivity contribution in [3.8, 4) is 17.6 Å². The summed E-state index contributed by atoms with van der Waals surface area (Å²) in [6.07, 6.45) is 2.43. The maximum absolute atomic E-state index is 12.1. The van der Waals surface area contributed by atoms with Crippen molar-refractivity contribution in [2.45, 2.75) is 19.8 Å². The number of carbonyl (C=O) groups is 1. The fraction of sp³-hybridized carbons (Fsp3) is 0.263. The summed E-state index contributed by atoms with van der Waals surface area (Å²) in [5, 5.41) is 19.5. The molecule has 2 N–H and O–H groups in total. The summed E-state index contributed by atoms with van der Waals surface area (Å²) in [7, 11) is 1.52. The van der Waals surface area contributed by atoms with Crippen molar-refractivity contribution in [2.75, 3.05) is 19.0 Å². The molecule has 138 valence electrons. The number of aromatic amines is 1. The second-order valence-electron chi connectivity index (χ2n) is 5.92. The smallest absolute Gasteiger partial charge is 0.224 e. The maximum atomic E-state index is 12.1. The number of anilines is 1. The lowest BCUT2D eigenvalue weighted by molar-refractivity contribution is -0.116. The number of methoxy groups -OCH3 is 1. The Morgan fingerprint density at radius 2 is 2.19 bits per heavy atom. The number of aryl methyl sites for hydroxylation is 1. The van der Waals surface area contributed by atoms with Crippen LogP contribution in [0.15, 0.2) is 30.5 Å². The number of fused-ring (bicyclic) bond motifs is 1. The fourth-order valence-electron chi connectivity index (χ4n) is 2.58. The molecule has 0 aliphatic carbocycles. The van der Waals surface area contributed by atoms with Crippen molar-refractivity contribution in [1.82, 2.24) is 15.2 Å². The third-order valence-corrected chi connectivity index (χ3v) is 3.98. The highest BCUT2D eigenvalue weighted by atomic mass is 16.5. The quantitative estimate of drug-likeness (QED) is 0.622. The van der Waals surface area contributed by atoms with E-state index >= 15 is 0 Å². The van der Waals surface area contributed by atoms with E-state index in [0.29, 0.717) is 47.8 Å². The predicted octanol–water partition coefficient (Wildman–Crippen LogP) is 2.94. The number of nitrogens with one attached hydrogen (secondary N) is 2. The first-order valence-electron chi connectivity index (χ1n) is 8.42. The Kier molecular flexibility index (Phi) is 5.52. The highest BCUT2D eigenvalue weighted by Gasteiger charge is 2.09. The molecule has 0 unspecified atom stereocenters. The summed E-state index contributed by atoms with van der Waals surface area (Å²) in [5.74, 6) is 0.919. The number of hydrogen-bond acceptors (Lipinski definition) is 6. The summed E-state index contributed by atoms with van der Waals surface area (Å²) >= 11 is 0. The van der Waals surface area contributed by atoms with Gasteiger partial charge in [-0.3, -0.25) is 9.89 Å². The highest BCUT2D eigenvalue weighted by molar-refractivity contribution is 5.92. The molecular weight excluding hydrogens is 346 g/mol. The second-order valence-corrected chi connectivity index (χ2v) is 5.92. The van der Waals surface area contributed by atoms with E-state index in [1.165, 1.54) is 7.11 Å². The van der Waals surface area contributed by atoms with Gasteiger partial charge in [0.1, 0.15) is 0 Å². The van der Waals surface area contributed by atoms with E-state index in [-0.39, 0.29) is 5.91 Å². The van der Waals surface area contributed by atoms with Gasteiger partial charge >= 0.3 is 0 Å². The number of nitriles is 1. The Morgan fingerprint density at radius 3 is 2.96 bits per heavy atom. The minimum atomic E-state index is -0.118. The molecule has 2 aromatic heterocycles. The molecule has 8 nitrogen and oxygen atoms in total. The second kappa shape index (κ2) is 8.19. The van der Waals surface area contributed by atoms with Gasteiger partial charge in [-0.05, 0) is 31.5 Å². The number of aromatic nitrogens is 3. The Balaban J connectivity index is 1.49. The van der Waals surface area contributed by atoms with E-state index in [2.05, 4.69) is 20.5 Å². The Bertz CT molecular complexity index is 1010. The average Bonchev–Trinajstić information content (AvgIpc) is 3.05. The van der Waals surface area contributed by atoms with Crippen LogP contribution in [0.3, 0.4) is 0 Å². The van der Waals surface area contributed by atoms with E-state index in [9.17, 15) is 4.79 Å². The molecule has 3 rings (SSSR count). The SMILES string of the molecule is COc1cc(C#N)ccc1OCCCC(=O)Nc1cnc2n[nH]c(C)c2c1. The van der Waals surface area contributed by atoms with Crippen molar-refractivity contribution < 1.29 is 14.3 Å². The van der Waals surface area contributed by atoms with Crippen LogP contribution < -0.4 is 14.8 Å². The van der Waals surface area contributed by atoms with Crippen molar-refractivity contribution >= 4 is 22.6 Å². The molecule has 8 heteroatoms. The molecule has 0 aliphatic rings. The Morgan fingerprint density at radius 1 is 1.33 bits per heavy atom. The Labute approximate surface area is 156 Å².